The summed E-state index contributed by atoms with van der Waals surface area (Å²) >= 11 is 0. The maximum Gasteiger partial charge on any atom is 0.270 e. The molecule has 6 nitrogen and oxygen atoms in total. The number of carbonyl (C=O) groups excluding carboxylic acids is 1. The Morgan fingerprint density at radius 3 is 2.82 bits per heavy atom. The number of H-pyrrole nitrogens is 1. The summed E-state index contributed by atoms with van der Waals surface area (Å²) in [5.41, 5.74) is 5.72. The highest BCUT2D eigenvalue weighted by atomic mass is 35.5. The van der Waals surface area contributed by atoms with Crippen molar-refractivity contribution in [2.24, 2.45) is 5.92 Å². The van der Waals surface area contributed by atoms with Gasteiger partial charge in [-0.2, -0.15) is 0 Å². The number of nitrogens with one attached hydrogen (secondary N) is 1. The zero-order valence-electron chi connectivity index (χ0n) is 20.4. The summed E-state index contributed by atoms with van der Waals surface area (Å²) in [5, 5.41) is 0. The Hall–Kier alpha value is -2.70. The highest BCUT2D eigenvalue weighted by molar-refractivity contribution is 5.94. The SMILES string of the molecule is COc1cccc([C@@]23CCN(Cc4ccco4)C[C@H]2Cc2c([nH]c(C(=O)N(C)C)c2C)C3)c1.Cl. The van der Waals surface area contributed by atoms with Gasteiger partial charge in [-0.05, 0) is 79.6 Å². The molecule has 2 atom stereocenters. The summed E-state index contributed by atoms with van der Waals surface area (Å²) < 4.78 is 11.2. The number of aromatic nitrogens is 1. The molecule has 1 N–H and O–H groups in total. The van der Waals surface area contributed by atoms with Crippen LogP contribution in [0.25, 0.3) is 0 Å². The van der Waals surface area contributed by atoms with Gasteiger partial charge in [0.15, 0.2) is 0 Å². The van der Waals surface area contributed by atoms with Gasteiger partial charge in [0, 0.05) is 31.7 Å². The predicted molar refractivity (Wildman–Crippen MR) is 135 cm³/mol. The van der Waals surface area contributed by atoms with Gasteiger partial charge in [-0.15, -0.1) is 12.4 Å². The van der Waals surface area contributed by atoms with Crippen molar-refractivity contribution in [1.82, 2.24) is 14.8 Å². The van der Waals surface area contributed by atoms with Crippen LogP contribution in [0.2, 0.25) is 0 Å². The number of benzene rings is 1. The normalized spacial score (nSPS) is 21.8. The fourth-order valence-corrected chi connectivity index (χ4v) is 5.94. The Labute approximate surface area is 207 Å². The number of nitrogens with zero attached hydrogens (tertiary/aromatic N) is 2. The summed E-state index contributed by atoms with van der Waals surface area (Å²) in [6.07, 6.45) is 4.68. The summed E-state index contributed by atoms with van der Waals surface area (Å²) in [6, 6.07) is 12.6. The summed E-state index contributed by atoms with van der Waals surface area (Å²) in [6.45, 7) is 4.93. The highest BCUT2D eigenvalue weighted by Gasteiger charge is 2.48. The molecular weight excluding hydrogens is 450 g/mol. The monoisotopic (exact) mass is 483 g/mol. The second-order valence-electron chi connectivity index (χ2n) is 9.81. The van der Waals surface area contributed by atoms with Crippen molar-refractivity contribution < 1.29 is 13.9 Å². The largest absolute Gasteiger partial charge is 0.497 e. The fourth-order valence-electron chi connectivity index (χ4n) is 5.94. The molecule has 0 radical (unpaired) electrons. The van der Waals surface area contributed by atoms with Crippen molar-refractivity contribution in [3.05, 3.63) is 76.5 Å². The molecule has 3 aromatic rings. The molecule has 3 heterocycles. The quantitative estimate of drug-likeness (QED) is 0.575. The number of hydrogen-bond donors (Lipinski definition) is 1. The molecule has 2 aromatic heterocycles. The van der Waals surface area contributed by atoms with E-state index in [2.05, 4.69) is 41.1 Å². The zero-order chi connectivity index (χ0) is 23.2. The summed E-state index contributed by atoms with van der Waals surface area (Å²) in [7, 11) is 5.35. The molecule has 1 amide bonds. The lowest BCUT2D eigenvalue weighted by Crippen LogP contribution is -2.53. The van der Waals surface area contributed by atoms with E-state index in [1.54, 1.807) is 18.3 Å². The van der Waals surface area contributed by atoms with Crippen LogP contribution in [0.4, 0.5) is 0 Å². The van der Waals surface area contributed by atoms with E-state index in [9.17, 15) is 4.79 Å². The molecule has 182 valence electrons. The number of hydrogen-bond acceptors (Lipinski definition) is 4. The number of ether oxygens (including phenoxy) is 1. The molecule has 1 aliphatic heterocycles. The fraction of sp³-hybridized carbons (Fsp3) is 0.444. The van der Waals surface area contributed by atoms with Crippen LogP contribution in [0.1, 0.15) is 45.1 Å². The van der Waals surface area contributed by atoms with Crippen LogP contribution in [0.3, 0.4) is 0 Å². The second kappa shape index (κ2) is 9.51. The molecule has 1 aromatic carbocycles. The minimum absolute atomic E-state index is 0. The standard InChI is InChI=1S/C27H33N3O3.ClH/c1-18-23-14-20-16-30(17-22-9-6-12-33-22)11-10-27(20,19-7-5-8-21(13-19)32-4)15-24(23)28-25(18)26(31)29(2)3;/h5-9,12-13,20,28H,10-11,14-17H2,1-4H3;1H/t20-,27+;/m1./s1. The number of amides is 1. The third-order valence-corrected chi connectivity index (χ3v) is 7.77. The number of likely N-dealkylation sites (tertiary alicyclic amines) is 1. The Balaban J connectivity index is 0.00000274. The minimum atomic E-state index is 0. The number of carbonyl (C=O) groups is 1. The molecule has 0 spiro atoms. The Morgan fingerprint density at radius 1 is 1.29 bits per heavy atom. The maximum atomic E-state index is 12.8. The van der Waals surface area contributed by atoms with Crippen molar-refractivity contribution in [3.8, 4) is 5.75 Å². The molecule has 2 aliphatic rings. The molecular formula is C27H34ClN3O3. The van der Waals surface area contributed by atoms with Gasteiger partial charge < -0.3 is 19.0 Å². The van der Waals surface area contributed by atoms with Crippen molar-refractivity contribution in [1.29, 1.82) is 0 Å². The molecule has 5 rings (SSSR count). The average molecular weight is 484 g/mol. The first-order chi connectivity index (χ1) is 15.9. The van der Waals surface area contributed by atoms with Crippen LogP contribution < -0.4 is 4.74 Å². The Morgan fingerprint density at radius 2 is 2.12 bits per heavy atom. The van der Waals surface area contributed by atoms with Crippen molar-refractivity contribution in [3.63, 3.8) is 0 Å². The van der Waals surface area contributed by atoms with Crippen LogP contribution in [-0.2, 0) is 24.8 Å². The van der Waals surface area contributed by atoms with Gasteiger partial charge in [-0.25, -0.2) is 0 Å². The van der Waals surface area contributed by atoms with Gasteiger partial charge >= 0.3 is 0 Å². The number of halogens is 1. The zero-order valence-corrected chi connectivity index (χ0v) is 21.2. The molecule has 1 fully saturated rings. The first-order valence-corrected chi connectivity index (χ1v) is 11.7. The third kappa shape index (κ3) is 4.14. The number of piperidine rings is 1. The minimum Gasteiger partial charge on any atom is -0.497 e. The van der Waals surface area contributed by atoms with Crippen LogP contribution >= 0.6 is 12.4 Å². The Kier molecular flexibility index (Phi) is 6.83. The third-order valence-electron chi connectivity index (χ3n) is 7.77. The first-order valence-electron chi connectivity index (χ1n) is 11.7. The molecule has 1 aliphatic carbocycles. The molecule has 1 saturated heterocycles. The van der Waals surface area contributed by atoms with Crippen molar-refractivity contribution in [2.45, 2.75) is 38.1 Å². The van der Waals surface area contributed by atoms with Crippen LogP contribution in [0.15, 0.2) is 47.1 Å². The number of methoxy groups -OCH3 is 1. The number of rotatable bonds is 5. The maximum absolute atomic E-state index is 12.8. The van der Waals surface area contributed by atoms with E-state index in [0.717, 1.165) is 61.7 Å². The van der Waals surface area contributed by atoms with E-state index in [4.69, 9.17) is 9.15 Å². The van der Waals surface area contributed by atoms with Gasteiger partial charge in [-0.1, -0.05) is 12.1 Å². The van der Waals surface area contributed by atoms with Gasteiger partial charge in [0.25, 0.3) is 5.91 Å². The van der Waals surface area contributed by atoms with Gasteiger partial charge in [0.2, 0.25) is 0 Å². The second-order valence-corrected chi connectivity index (χ2v) is 9.81. The lowest BCUT2D eigenvalue weighted by molar-refractivity contribution is 0.0716. The molecule has 34 heavy (non-hydrogen) atoms. The number of fused-ring (bicyclic) bond motifs is 2. The smallest absolute Gasteiger partial charge is 0.270 e. The van der Waals surface area contributed by atoms with E-state index >= 15 is 0 Å². The van der Waals surface area contributed by atoms with Gasteiger partial charge in [0.1, 0.15) is 17.2 Å². The number of furan rings is 1. The van der Waals surface area contributed by atoms with Crippen LogP contribution in [0, 0.1) is 12.8 Å². The average Bonchev–Trinajstić information content (AvgIpc) is 3.44. The van der Waals surface area contributed by atoms with E-state index in [1.807, 2.05) is 26.2 Å². The Bertz CT molecular complexity index is 1150. The van der Waals surface area contributed by atoms with E-state index in [-0.39, 0.29) is 23.7 Å². The van der Waals surface area contributed by atoms with E-state index < -0.39 is 0 Å². The molecule has 7 heteroatoms. The van der Waals surface area contributed by atoms with Gasteiger partial charge in [0.05, 0.1) is 19.9 Å². The lowest BCUT2D eigenvalue weighted by atomic mass is 9.58. The van der Waals surface area contributed by atoms with Gasteiger partial charge in [-0.3, -0.25) is 9.69 Å². The topological polar surface area (TPSA) is 61.7 Å². The summed E-state index contributed by atoms with van der Waals surface area (Å²) in [4.78, 5) is 20.5. The van der Waals surface area contributed by atoms with Crippen molar-refractivity contribution in [2.75, 3.05) is 34.3 Å². The molecule has 0 saturated carbocycles. The highest BCUT2D eigenvalue weighted by Crippen LogP contribution is 2.49. The van der Waals surface area contributed by atoms with Crippen LogP contribution in [0.5, 0.6) is 5.75 Å². The van der Waals surface area contributed by atoms with Crippen LogP contribution in [-0.4, -0.2) is 55.0 Å². The predicted octanol–water partition coefficient (Wildman–Crippen LogP) is 4.61. The molecule has 0 unspecified atom stereocenters. The van der Waals surface area contributed by atoms with Crippen molar-refractivity contribution >= 4 is 18.3 Å². The molecule has 0 bridgehead atoms. The lowest BCUT2D eigenvalue weighted by Gasteiger charge is -2.51. The van der Waals surface area contributed by atoms with E-state index in [1.165, 1.54) is 16.8 Å². The summed E-state index contributed by atoms with van der Waals surface area (Å²) in [5.74, 6) is 2.39. The first kappa shape index (κ1) is 24.4. The van der Waals surface area contributed by atoms with E-state index in [0.29, 0.717) is 5.92 Å². The number of aromatic amines is 1.